The Bertz CT molecular complexity index is 1030. The molecule has 0 atom stereocenters. The van der Waals surface area contributed by atoms with Crippen molar-refractivity contribution in [2.45, 2.75) is 20.8 Å². The van der Waals surface area contributed by atoms with Gasteiger partial charge in [-0.25, -0.2) is 4.98 Å². The van der Waals surface area contributed by atoms with E-state index in [1.54, 1.807) is 30.3 Å². The lowest BCUT2D eigenvalue weighted by molar-refractivity contribution is -0.118. The number of hydrogen-bond donors (Lipinski definition) is 2. The summed E-state index contributed by atoms with van der Waals surface area (Å²) >= 11 is 0. The highest BCUT2D eigenvalue weighted by Gasteiger charge is 2.10. The number of benzene rings is 1. The summed E-state index contributed by atoms with van der Waals surface area (Å²) in [6, 6.07) is 10.4. The summed E-state index contributed by atoms with van der Waals surface area (Å²) in [4.78, 5) is 31.2. The van der Waals surface area contributed by atoms with Gasteiger partial charge in [-0.15, -0.1) is 0 Å². The molecule has 0 aliphatic rings. The van der Waals surface area contributed by atoms with Gasteiger partial charge in [0.15, 0.2) is 18.0 Å². The zero-order chi connectivity index (χ0) is 22.2. The van der Waals surface area contributed by atoms with Gasteiger partial charge in [0.05, 0.1) is 5.69 Å². The van der Waals surface area contributed by atoms with Crippen LogP contribution in [0, 0.1) is 6.92 Å². The number of aryl methyl sites for hydroxylation is 1. The molecule has 0 saturated carbocycles. The van der Waals surface area contributed by atoms with Gasteiger partial charge in [0.1, 0.15) is 0 Å². The van der Waals surface area contributed by atoms with Crippen LogP contribution in [0.5, 0.6) is 5.75 Å². The molecule has 2 heterocycles. The highest BCUT2D eigenvalue weighted by molar-refractivity contribution is 5.96. The molecule has 0 spiro atoms. The Morgan fingerprint density at radius 1 is 1.13 bits per heavy atom. The molecule has 0 aliphatic heterocycles. The average Bonchev–Trinajstić information content (AvgIpc) is 3.16. The van der Waals surface area contributed by atoms with Crippen molar-refractivity contribution < 1.29 is 14.3 Å². The second-order valence-electron chi connectivity index (χ2n) is 7.18. The van der Waals surface area contributed by atoms with E-state index in [-0.39, 0.29) is 18.4 Å². The highest BCUT2D eigenvalue weighted by atomic mass is 16.5. The predicted octanol–water partition coefficient (Wildman–Crippen LogP) is 2.73. The fourth-order valence-electron chi connectivity index (χ4n) is 3.24. The Hall–Kier alpha value is -3.39. The zero-order valence-corrected chi connectivity index (χ0v) is 18.2. The van der Waals surface area contributed by atoms with Crippen LogP contribution in [0.15, 0.2) is 48.8 Å². The number of imidazole rings is 1. The van der Waals surface area contributed by atoms with Gasteiger partial charge in [-0.3, -0.25) is 9.59 Å². The van der Waals surface area contributed by atoms with Crippen molar-refractivity contribution in [3.05, 3.63) is 60.0 Å². The summed E-state index contributed by atoms with van der Waals surface area (Å²) in [7, 11) is 0. The second-order valence-corrected chi connectivity index (χ2v) is 7.18. The molecule has 3 rings (SSSR count). The first-order chi connectivity index (χ1) is 15.0. The lowest BCUT2D eigenvalue weighted by atomic mass is 10.2. The number of anilines is 1. The third kappa shape index (κ3) is 6.05. The van der Waals surface area contributed by atoms with E-state index in [1.807, 2.05) is 29.8 Å². The smallest absolute Gasteiger partial charge is 0.262 e. The lowest BCUT2D eigenvalue weighted by Gasteiger charge is -2.18. The third-order valence-corrected chi connectivity index (χ3v) is 4.97. The number of likely N-dealkylation sites (N-methyl/N-ethyl adjacent to an activating group) is 1. The van der Waals surface area contributed by atoms with Gasteiger partial charge in [0.25, 0.3) is 11.8 Å². The van der Waals surface area contributed by atoms with Crippen LogP contribution in [-0.4, -0.2) is 58.9 Å². The standard InChI is InChI=1S/C23H29N5O3/c1-4-27(5-2)14-12-24-23(30)18-8-10-19(11-9-18)26-21(29)16-31-20-7-6-13-28-15-17(3)25-22(20)28/h6-11,13,15H,4-5,12,14,16H2,1-3H3,(H,24,30)(H,26,29). The Morgan fingerprint density at radius 3 is 2.58 bits per heavy atom. The first kappa shape index (κ1) is 22.3. The number of hydrogen-bond acceptors (Lipinski definition) is 5. The van der Waals surface area contributed by atoms with Gasteiger partial charge in [-0.1, -0.05) is 13.8 Å². The van der Waals surface area contributed by atoms with Gasteiger partial charge in [0.2, 0.25) is 0 Å². The minimum Gasteiger partial charge on any atom is -0.480 e. The molecule has 1 aromatic carbocycles. The summed E-state index contributed by atoms with van der Waals surface area (Å²) in [5.41, 5.74) is 2.69. The first-order valence-electron chi connectivity index (χ1n) is 10.5. The molecule has 0 aliphatic carbocycles. The first-order valence-corrected chi connectivity index (χ1v) is 10.5. The molecule has 2 aromatic heterocycles. The van der Waals surface area contributed by atoms with Gasteiger partial charge in [-0.2, -0.15) is 0 Å². The monoisotopic (exact) mass is 423 g/mol. The summed E-state index contributed by atoms with van der Waals surface area (Å²) in [6.07, 6.45) is 3.77. The molecule has 0 saturated heterocycles. The minimum absolute atomic E-state index is 0.128. The van der Waals surface area contributed by atoms with Gasteiger partial charge in [0, 0.05) is 36.7 Å². The molecule has 0 fully saturated rings. The normalized spacial score (nSPS) is 11.0. The van der Waals surface area contributed by atoms with Crippen LogP contribution in [-0.2, 0) is 4.79 Å². The zero-order valence-electron chi connectivity index (χ0n) is 18.2. The SMILES string of the molecule is CCN(CC)CCNC(=O)c1ccc(NC(=O)COc2cccn3cc(C)nc23)cc1. The molecular formula is C23H29N5O3. The maximum absolute atomic E-state index is 12.3. The van der Waals surface area contributed by atoms with Crippen LogP contribution in [0.25, 0.3) is 5.65 Å². The molecule has 0 unspecified atom stereocenters. The molecule has 8 heteroatoms. The topological polar surface area (TPSA) is 88.0 Å². The Labute approximate surface area is 182 Å². The molecule has 0 radical (unpaired) electrons. The van der Waals surface area contributed by atoms with Crippen molar-refractivity contribution in [2.75, 3.05) is 38.1 Å². The fourth-order valence-corrected chi connectivity index (χ4v) is 3.24. The van der Waals surface area contributed by atoms with E-state index >= 15 is 0 Å². The molecule has 0 bridgehead atoms. The lowest BCUT2D eigenvalue weighted by Crippen LogP contribution is -2.34. The third-order valence-electron chi connectivity index (χ3n) is 4.97. The van der Waals surface area contributed by atoms with Crippen molar-refractivity contribution in [3.63, 3.8) is 0 Å². The minimum atomic E-state index is -0.290. The van der Waals surface area contributed by atoms with Crippen LogP contribution in [0.3, 0.4) is 0 Å². The summed E-state index contributed by atoms with van der Waals surface area (Å²) < 4.78 is 7.50. The van der Waals surface area contributed by atoms with Crippen molar-refractivity contribution in [1.29, 1.82) is 0 Å². The maximum Gasteiger partial charge on any atom is 0.262 e. The van der Waals surface area contributed by atoms with E-state index in [2.05, 4.69) is 34.4 Å². The number of ether oxygens (including phenoxy) is 1. The molecule has 164 valence electrons. The van der Waals surface area contributed by atoms with Crippen LogP contribution < -0.4 is 15.4 Å². The van der Waals surface area contributed by atoms with E-state index in [1.165, 1.54) is 0 Å². The fraction of sp³-hybridized carbons (Fsp3) is 0.348. The maximum atomic E-state index is 12.3. The molecule has 8 nitrogen and oxygen atoms in total. The van der Waals surface area contributed by atoms with E-state index < -0.39 is 0 Å². The van der Waals surface area contributed by atoms with Crippen molar-refractivity contribution in [3.8, 4) is 5.75 Å². The van der Waals surface area contributed by atoms with Crippen LogP contribution in [0.4, 0.5) is 5.69 Å². The van der Waals surface area contributed by atoms with Crippen LogP contribution >= 0.6 is 0 Å². The van der Waals surface area contributed by atoms with Gasteiger partial charge in [-0.05, 0) is 56.4 Å². The van der Waals surface area contributed by atoms with E-state index in [9.17, 15) is 9.59 Å². The largest absolute Gasteiger partial charge is 0.480 e. The number of rotatable bonds is 10. The summed E-state index contributed by atoms with van der Waals surface area (Å²) in [5.74, 6) is 0.126. The number of pyridine rings is 1. The molecule has 3 aromatic rings. The molecular weight excluding hydrogens is 394 g/mol. The Balaban J connectivity index is 1.48. The Kier molecular flexibility index (Phi) is 7.61. The van der Waals surface area contributed by atoms with Crippen molar-refractivity contribution in [1.82, 2.24) is 19.6 Å². The van der Waals surface area contributed by atoms with E-state index in [0.717, 1.165) is 25.3 Å². The number of carbonyl (C=O) groups is 2. The van der Waals surface area contributed by atoms with E-state index in [0.29, 0.717) is 29.2 Å². The molecule has 2 amide bonds. The van der Waals surface area contributed by atoms with Crippen molar-refractivity contribution in [2.24, 2.45) is 0 Å². The molecule has 31 heavy (non-hydrogen) atoms. The second kappa shape index (κ2) is 10.6. The highest BCUT2D eigenvalue weighted by Crippen LogP contribution is 2.19. The van der Waals surface area contributed by atoms with Gasteiger partial charge < -0.3 is 24.7 Å². The predicted molar refractivity (Wildman–Crippen MR) is 121 cm³/mol. The number of carbonyl (C=O) groups excluding carboxylic acids is 2. The number of aromatic nitrogens is 2. The number of nitrogens with zero attached hydrogens (tertiary/aromatic N) is 3. The number of fused-ring (bicyclic) bond motifs is 1. The number of amides is 2. The Morgan fingerprint density at radius 2 is 1.87 bits per heavy atom. The average molecular weight is 424 g/mol. The molecule has 2 N–H and O–H groups in total. The van der Waals surface area contributed by atoms with Gasteiger partial charge >= 0.3 is 0 Å². The van der Waals surface area contributed by atoms with E-state index in [4.69, 9.17) is 4.74 Å². The van der Waals surface area contributed by atoms with Crippen molar-refractivity contribution >= 4 is 23.1 Å². The summed E-state index contributed by atoms with van der Waals surface area (Å²) in [6.45, 7) is 9.29. The van der Waals surface area contributed by atoms with Crippen LogP contribution in [0.2, 0.25) is 0 Å². The summed E-state index contributed by atoms with van der Waals surface area (Å²) in [5, 5.41) is 5.69. The quantitative estimate of drug-likeness (QED) is 0.524. The number of nitrogens with one attached hydrogen (secondary N) is 2. The van der Waals surface area contributed by atoms with Crippen LogP contribution in [0.1, 0.15) is 29.9 Å².